The van der Waals surface area contributed by atoms with Crippen molar-refractivity contribution in [2.45, 2.75) is 10.8 Å². The van der Waals surface area contributed by atoms with E-state index >= 15 is 0 Å². The number of hydrogen-bond donors (Lipinski definition) is 2. The first kappa shape index (κ1) is 11.1. The lowest BCUT2D eigenvalue weighted by molar-refractivity contribution is 0.118. The van der Waals surface area contributed by atoms with Crippen LogP contribution in [0.2, 0.25) is 0 Å². The van der Waals surface area contributed by atoms with Gasteiger partial charge in [-0.15, -0.1) is 11.6 Å². The Labute approximate surface area is 107 Å². The molecule has 4 nitrogen and oxygen atoms in total. The Morgan fingerprint density at radius 3 is 2.76 bits per heavy atom. The third-order valence-corrected chi connectivity index (χ3v) is 4.18. The molecule has 2 heterocycles. The molecule has 0 radical (unpaired) electrons. The van der Waals surface area contributed by atoms with E-state index in [1.807, 2.05) is 24.3 Å². The van der Waals surface area contributed by atoms with Gasteiger partial charge in [0.25, 0.3) is 0 Å². The fourth-order valence-electron chi connectivity index (χ4n) is 1.68. The van der Waals surface area contributed by atoms with Crippen LogP contribution in [0.4, 0.5) is 5.82 Å². The predicted molar refractivity (Wildman–Crippen MR) is 69.6 cm³/mol. The molecule has 1 atom stereocenters. The summed E-state index contributed by atoms with van der Waals surface area (Å²) in [5.74, 6) is 1.19. The summed E-state index contributed by atoms with van der Waals surface area (Å²) in [7, 11) is 0. The van der Waals surface area contributed by atoms with Crippen molar-refractivity contribution in [2.24, 2.45) is 0 Å². The molecule has 0 saturated heterocycles. The highest BCUT2D eigenvalue weighted by Gasteiger charge is 2.32. The number of halogens is 1. The van der Waals surface area contributed by atoms with Crippen molar-refractivity contribution in [3.05, 3.63) is 24.3 Å². The molecule has 17 heavy (non-hydrogen) atoms. The van der Waals surface area contributed by atoms with Crippen molar-refractivity contribution < 1.29 is 5.11 Å². The number of nitrogens with zero attached hydrogens (tertiary/aromatic N) is 2. The Kier molecular flexibility index (Phi) is 2.61. The second kappa shape index (κ2) is 4.01. The Hall–Kier alpha value is -1.04. The first-order valence-electron chi connectivity index (χ1n) is 5.16. The number of thioether (sulfide) groups is 1. The molecule has 0 bridgehead atoms. The highest BCUT2D eigenvalue weighted by molar-refractivity contribution is 7.99. The lowest BCUT2D eigenvalue weighted by atomic mass is 10.3. The van der Waals surface area contributed by atoms with Crippen LogP contribution in [0, 0.1) is 0 Å². The summed E-state index contributed by atoms with van der Waals surface area (Å²) >= 11 is 7.20. The second-order valence-electron chi connectivity index (χ2n) is 3.94. The van der Waals surface area contributed by atoms with Crippen LogP contribution in [0.25, 0.3) is 11.0 Å². The molecule has 3 rings (SSSR count). The average molecular weight is 268 g/mol. The molecular formula is C11H10ClN3OS. The number of benzene rings is 1. The van der Waals surface area contributed by atoms with Gasteiger partial charge >= 0.3 is 0 Å². The molecule has 1 aliphatic rings. The first-order valence-corrected chi connectivity index (χ1v) is 6.68. The Morgan fingerprint density at radius 1 is 1.35 bits per heavy atom. The summed E-state index contributed by atoms with van der Waals surface area (Å²) in [6, 6.07) is 7.65. The van der Waals surface area contributed by atoms with E-state index in [4.69, 9.17) is 11.6 Å². The van der Waals surface area contributed by atoms with Crippen LogP contribution in [-0.4, -0.2) is 32.4 Å². The van der Waals surface area contributed by atoms with Gasteiger partial charge in [-0.25, -0.2) is 9.97 Å². The molecule has 1 aromatic heterocycles. The molecule has 2 aromatic rings. The number of hydrogen-bond acceptors (Lipinski definition) is 5. The maximum absolute atomic E-state index is 10.1. The number of fused-ring (bicyclic) bond motifs is 2. The second-order valence-corrected chi connectivity index (χ2v) is 5.18. The van der Waals surface area contributed by atoms with Gasteiger partial charge in [0.1, 0.15) is 5.03 Å². The molecule has 0 saturated carbocycles. The molecule has 1 aromatic carbocycles. The highest BCUT2D eigenvalue weighted by Crippen LogP contribution is 2.35. The van der Waals surface area contributed by atoms with E-state index in [-0.39, 0.29) is 5.88 Å². The molecule has 1 aliphatic heterocycles. The number of aliphatic hydroxyl groups is 1. The van der Waals surface area contributed by atoms with Crippen LogP contribution in [0.3, 0.4) is 0 Å². The Bertz CT molecular complexity index is 580. The van der Waals surface area contributed by atoms with Crippen LogP contribution in [0.5, 0.6) is 0 Å². The number of alkyl halides is 1. The van der Waals surface area contributed by atoms with Gasteiger partial charge in [-0.3, -0.25) is 0 Å². The first-order chi connectivity index (χ1) is 8.20. The summed E-state index contributed by atoms with van der Waals surface area (Å²) in [4.78, 5) is 8.95. The van der Waals surface area contributed by atoms with E-state index in [0.29, 0.717) is 11.6 Å². The van der Waals surface area contributed by atoms with E-state index in [1.165, 1.54) is 11.8 Å². The van der Waals surface area contributed by atoms with E-state index in [1.54, 1.807) is 0 Å². The number of anilines is 1. The molecule has 88 valence electrons. The standard InChI is InChI=1S/C11H10ClN3OS/c12-5-11(16)6-17-10-9(15-11)13-7-3-1-2-4-8(7)14-10/h1-4,16H,5-6H2,(H,13,15). The van der Waals surface area contributed by atoms with Crippen molar-refractivity contribution in [2.75, 3.05) is 16.9 Å². The minimum atomic E-state index is -1.10. The van der Waals surface area contributed by atoms with Crippen LogP contribution in [-0.2, 0) is 0 Å². The lowest BCUT2D eigenvalue weighted by Crippen LogP contribution is -2.45. The fraction of sp³-hybridized carbons (Fsp3) is 0.273. The molecule has 1 unspecified atom stereocenters. The summed E-state index contributed by atoms with van der Waals surface area (Å²) in [5.41, 5.74) is 0.561. The quantitative estimate of drug-likeness (QED) is 0.775. The number of nitrogens with one attached hydrogen (secondary N) is 1. The highest BCUT2D eigenvalue weighted by atomic mass is 35.5. The van der Waals surface area contributed by atoms with Gasteiger partial charge in [-0.2, -0.15) is 0 Å². The Balaban J connectivity index is 2.11. The van der Waals surface area contributed by atoms with Gasteiger partial charge in [0.15, 0.2) is 11.5 Å². The summed E-state index contributed by atoms with van der Waals surface area (Å²) < 4.78 is 0. The number of para-hydroxylation sites is 2. The van der Waals surface area contributed by atoms with Crippen molar-refractivity contribution in [3.63, 3.8) is 0 Å². The molecular weight excluding hydrogens is 258 g/mol. The third-order valence-electron chi connectivity index (χ3n) is 2.56. The van der Waals surface area contributed by atoms with Crippen molar-refractivity contribution in [1.82, 2.24) is 9.97 Å². The van der Waals surface area contributed by atoms with Gasteiger partial charge in [-0.1, -0.05) is 23.9 Å². The topological polar surface area (TPSA) is 58.0 Å². The Morgan fingerprint density at radius 2 is 2.06 bits per heavy atom. The molecule has 2 N–H and O–H groups in total. The molecule has 0 amide bonds. The predicted octanol–water partition coefficient (Wildman–Crippen LogP) is 2.07. The minimum Gasteiger partial charge on any atom is -0.369 e. The van der Waals surface area contributed by atoms with Crippen LogP contribution < -0.4 is 5.32 Å². The maximum Gasteiger partial charge on any atom is 0.161 e. The van der Waals surface area contributed by atoms with Gasteiger partial charge in [0.2, 0.25) is 0 Å². The monoisotopic (exact) mass is 267 g/mol. The smallest absolute Gasteiger partial charge is 0.161 e. The fourth-order valence-corrected chi connectivity index (χ4v) is 2.90. The zero-order valence-corrected chi connectivity index (χ0v) is 10.4. The van der Waals surface area contributed by atoms with Crippen LogP contribution >= 0.6 is 23.4 Å². The SMILES string of the molecule is OC1(CCl)CSc2nc3ccccc3nc2N1. The van der Waals surface area contributed by atoms with Crippen molar-refractivity contribution >= 4 is 40.2 Å². The third kappa shape index (κ3) is 1.94. The van der Waals surface area contributed by atoms with Crippen molar-refractivity contribution in [1.29, 1.82) is 0 Å². The summed E-state index contributed by atoms with van der Waals surface area (Å²) in [6.45, 7) is 0. The van der Waals surface area contributed by atoms with Crippen LogP contribution in [0.1, 0.15) is 0 Å². The van der Waals surface area contributed by atoms with Crippen LogP contribution in [0.15, 0.2) is 29.3 Å². The summed E-state index contributed by atoms with van der Waals surface area (Å²) in [5, 5.41) is 13.8. The zero-order chi connectivity index (χ0) is 11.9. The molecule has 6 heteroatoms. The van der Waals surface area contributed by atoms with E-state index < -0.39 is 5.72 Å². The molecule has 0 aliphatic carbocycles. The van der Waals surface area contributed by atoms with E-state index in [2.05, 4.69) is 15.3 Å². The zero-order valence-electron chi connectivity index (χ0n) is 8.85. The molecule has 0 spiro atoms. The van der Waals surface area contributed by atoms with E-state index in [9.17, 15) is 5.11 Å². The largest absolute Gasteiger partial charge is 0.369 e. The molecule has 0 fully saturated rings. The average Bonchev–Trinajstić information content (AvgIpc) is 2.36. The maximum atomic E-state index is 10.1. The number of rotatable bonds is 1. The van der Waals surface area contributed by atoms with Gasteiger partial charge in [0, 0.05) is 5.75 Å². The summed E-state index contributed by atoms with van der Waals surface area (Å²) in [6.07, 6.45) is 0. The van der Waals surface area contributed by atoms with Gasteiger partial charge < -0.3 is 10.4 Å². The minimum absolute atomic E-state index is 0.119. The van der Waals surface area contributed by atoms with Gasteiger partial charge in [-0.05, 0) is 12.1 Å². The lowest BCUT2D eigenvalue weighted by Gasteiger charge is -2.31. The normalized spacial score (nSPS) is 23.2. The van der Waals surface area contributed by atoms with Crippen molar-refractivity contribution in [3.8, 4) is 0 Å². The van der Waals surface area contributed by atoms with Gasteiger partial charge in [0.05, 0.1) is 16.9 Å². The number of aromatic nitrogens is 2. The van der Waals surface area contributed by atoms with E-state index in [0.717, 1.165) is 16.1 Å².